The number of esters is 1. The topological polar surface area (TPSA) is 58.6 Å². The molecule has 1 fully saturated rings. The summed E-state index contributed by atoms with van der Waals surface area (Å²) >= 11 is 0. The number of hydrogen-bond acceptors (Lipinski definition) is 4. The molecule has 0 heterocycles. The van der Waals surface area contributed by atoms with Crippen LogP contribution < -0.4 is 5.32 Å². The molecule has 0 unspecified atom stereocenters. The number of aliphatic hydroxyl groups is 1. The molecule has 1 rings (SSSR count). The third-order valence-corrected chi connectivity index (χ3v) is 3.95. The first kappa shape index (κ1) is 14.5. The molecule has 1 saturated carbocycles. The molecule has 0 amide bonds. The maximum atomic E-state index is 11.5. The fraction of sp³-hybridized carbons (Fsp3) is 0.923. The van der Waals surface area contributed by atoms with E-state index in [0.29, 0.717) is 12.0 Å². The largest absolute Gasteiger partial charge is 0.468 e. The highest BCUT2D eigenvalue weighted by Gasteiger charge is 2.31. The van der Waals surface area contributed by atoms with Crippen LogP contribution in [0.25, 0.3) is 0 Å². The summed E-state index contributed by atoms with van der Waals surface area (Å²) in [5.41, 5.74) is 0. The SMILES string of the molecule is COC(=O)[C@H](N[C@@H]1CC[C@H](C)[C@H](C)C1)[C@H](C)O. The lowest BCUT2D eigenvalue weighted by Gasteiger charge is -2.35. The zero-order valence-electron chi connectivity index (χ0n) is 11.3. The lowest BCUT2D eigenvalue weighted by molar-refractivity contribution is -0.146. The molecule has 4 nitrogen and oxygen atoms in total. The van der Waals surface area contributed by atoms with Crippen molar-refractivity contribution in [2.24, 2.45) is 11.8 Å². The van der Waals surface area contributed by atoms with Crippen LogP contribution in [0.1, 0.15) is 40.0 Å². The van der Waals surface area contributed by atoms with E-state index in [9.17, 15) is 9.90 Å². The Hall–Kier alpha value is -0.610. The van der Waals surface area contributed by atoms with E-state index in [2.05, 4.69) is 19.2 Å². The third kappa shape index (κ3) is 3.96. The van der Waals surface area contributed by atoms with Crippen LogP contribution in [0, 0.1) is 11.8 Å². The minimum absolute atomic E-state index is 0.305. The van der Waals surface area contributed by atoms with E-state index in [1.54, 1.807) is 6.92 Å². The molecule has 0 bridgehead atoms. The molecule has 100 valence electrons. The Labute approximate surface area is 104 Å². The minimum Gasteiger partial charge on any atom is -0.468 e. The van der Waals surface area contributed by atoms with Gasteiger partial charge in [-0.3, -0.25) is 10.1 Å². The Bertz CT molecular complexity index is 255. The normalized spacial score (nSPS) is 32.9. The van der Waals surface area contributed by atoms with Crippen molar-refractivity contribution in [3.63, 3.8) is 0 Å². The van der Waals surface area contributed by atoms with Crippen molar-refractivity contribution in [3.8, 4) is 0 Å². The van der Waals surface area contributed by atoms with Crippen LogP contribution >= 0.6 is 0 Å². The summed E-state index contributed by atoms with van der Waals surface area (Å²) in [6.45, 7) is 6.13. The molecular weight excluding hydrogens is 218 g/mol. The maximum absolute atomic E-state index is 11.5. The number of carbonyl (C=O) groups excluding carboxylic acids is 1. The summed E-state index contributed by atoms with van der Waals surface area (Å²) in [6, 6.07) is -0.300. The number of aliphatic hydroxyl groups excluding tert-OH is 1. The first-order valence-electron chi connectivity index (χ1n) is 6.47. The summed E-state index contributed by atoms with van der Waals surface area (Å²) < 4.78 is 4.70. The predicted molar refractivity (Wildman–Crippen MR) is 66.6 cm³/mol. The van der Waals surface area contributed by atoms with Crippen molar-refractivity contribution >= 4 is 5.97 Å². The van der Waals surface area contributed by atoms with Gasteiger partial charge in [0.25, 0.3) is 0 Å². The molecule has 1 aliphatic rings. The Morgan fingerprint density at radius 3 is 2.47 bits per heavy atom. The summed E-state index contributed by atoms with van der Waals surface area (Å²) in [7, 11) is 1.35. The fourth-order valence-corrected chi connectivity index (χ4v) is 2.48. The van der Waals surface area contributed by atoms with Gasteiger partial charge in [-0.1, -0.05) is 13.8 Å². The molecule has 17 heavy (non-hydrogen) atoms. The van der Waals surface area contributed by atoms with Gasteiger partial charge in [-0.05, 0) is 38.0 Å². The second kappa shape index (κ2) is 6.36. The molecule has 5 atom stereocenters. The summed E-state index contributed by atoms with van der Waals surface area (Å²) in [6.07, 6.45) is 2.57. The van der Waals surface area contributed by atoms with Gasteiger partial charge in [0.15, 0.2) is 0 Å². The predicted octanol–water partition coefficient (Wildman–Crippen LogP) is 1.32. The minimum atomic E-state index is -0.725. The molecule has 0 aromatic carbocycles. The van der Waals surface area contributed by atoms with Crippen LogP contribution in [0.2, 0.25) is 0 Å². The van der Waals surface area contributed by atoms with Crippen molar-refractivity contribution in [1.82, 2.24) is 5.32 Å². The smallest absolute Gasteiger partial charge is 0.325 e. The molecular formula is C13H25NO3. The fourth-order valence-electron chi connectivity index (χ4n) is 2.48. The molecule has 0 radical (unpaired) electrons. The van der Waals surface area contributed by atoms with Crippen LogP contribution in [-0.2, 0) is 9.53 Å². The van der Waals surface area contributed by atoms with Gasteiger partial charge >= 0.3 is 5.97 Å². The second-order valence-corrected chi connectivity index (χ2v) is 5.37. The highest BCUT2D eigenvalue weighted by atomic mass is 16.5. The highest BCUT2D eigenvalue weighted by molar-refractivity contribution is 5.76. The van der Waals surface area contributed by atoms with E-state index in [0.717, 1.165) is 18.8 Å². The van der Waals surface area contributed by atoms with Crippen LogP contribution in [0.5, 0.6) is 0 Å². The van der Waals surface area contributed by atoms with Gasteiger partial charge < -0.3 is 9.84 Å². The van der Waals surface area contributed by atoms with Gasteiger partial charge in [-0.25, -0.2) is 0 Å². The van der Waals surface area contributed by atoms with E-state index in [-0.39, 0.29) is 5.97 Å². The van der Waals surface area contributed by atoms with E-state index in [1.807, 2.05) is 0 Å². The lowest BCUT2D eigenvalue weighted by atomic mass is 9.79. The summed E-state index contributed by atoms with van der Waals surface area (Å²) in [5, 5.41) is 12.8. The number of rotatable bonds is 4. The second-order valence-electron chi connectivity index (χ2n) is 5.37. The van der Waals surface area contributed by atoms with Gasteiger partial charge in [0.1, 0.15) is 6.04 Å². The van der Waals surface area contributed by atoms with Gasteiger partial charge in [0.2, 0.25) is 0 Å². The van der Waals surface area contributed by atoms with Gasteiger partial charge in [0.05, 0.1) is 13.2 Å². The molecule has 4 heteroatoms. The summed E-state index contributed by atoms with van der Waals surface area (Å²) in [4.78, 5) is 11.5. The first-order chi connectivity index (χ1) is 7.95. The third-order valence-electron chi connectivity index (χ3n) is 3.95. The quantitative estimate of drug-likeness (QED) is 0.731. The van der Waals surface area contributed by atoms with Crippen LogP contribution in [0.4, 0.5) is 0 Å². The van der Waals surface area contributed by atoms with Gasteiger partial charge in [-0.15, -0.1) is 0 Å². The van der Waals surface area contributed by atoms with Crippen LogP contribution in [0.3, 0.4) is 0 Å². The Morgan fingerprint density at radius 2 is 2.00 bits per heavy atom. The highest BCUT2D eigenvalue weighted by Crippen LogP contribution is 2.29. The molecule has 0 aliphatic heterocycles. The first-order valence-corrected chi connectivity index (χ1v) is 6.47. The molecule has 0 saturated heterocycles. The van der Waals surface area contributed by atoms with Crippen molar-refractivity contribution in [1.29, 1.82) is 0 Å². The van der Waals surface area contributed by atoms with Crippen LogP contribution in [-0.4, -0.2) is 36.4 Å². The van der Waals surface area contributed by atoms with Gasteiger partial charge in [0, 0.05) is 6.04 Å². The number of ether oxygens (including phenoxy) is 1. The van der Waals surface area contributed by atoms with Crippen molar-refractivity contribution in [3.05, 3.63) is 0 Å². The van der Waals surface area contributed by atoms with Crippen LogP contribution in [0.15, 0.2) is 0 Å². The maximum Gasteiger partial charge on any atom is 0.325 e. The zero-order valence-corrected chi connectivity index (χ0v) is 11.3. The Morgan fingerprint density at radius 1 is 1.35 bits per heavy atom. The number of nitrogens with one attached hydrogen (secondary N) is 1. The van der Waals surface area contributed by atoms with E-state index in [4.69, 9.17) is 4.74 Å². The Kier molecular flexibility index (Phi) is 5.40. The lowest BCUT2D eigenvalue weighted by Crippen LogP contribution is -2.51. The van der Waals surface area contributed by atoms with Crippen molar-refractivity contribution in [2.75, 3.05) is 7.11 Å². The molecule has 2 N–H and O–H groups in total. The average Bonchev–Trinajstić information content (AvgIpc) is 2.29. The summed E-state index contributed by atoms with van der Waals surface area (Å²) in [5.74, 6) is 1.02. The van der Waals surface area contributed by atoms with E-state index >= 15 is 0 Å². The number of hydrogen-bond donors (Lipinski definition) is 2. The van der Waals surface area contributed by atoms with E-state index in [1.165, 1.54) is 13.5 Å². The molecule has 1 aliphatic carbocycles. The molecule has 0 aromatic heterocycles. The van der Waals surface area contributed by atoms with Gasteiger partial charge in [-0.2, -0.15) is 0 Å². The average molecular weight is 243 g/mol. The monoisotopic (exact) mass is 243 g/mol. The zero-order chi connectivity index (χ0) is 13.0. The number of methoxy groups -OCH3 is 1. The molecule has 0 spiro atoms. The van der Waals surface area contributed by atoms with Crippen molar-refractivity contribution < 1.29 is 14.6 Å². The molecule has 0 aromatic rings. The standard InChI is InChI=1S/C13H25NO3/c1-8-5-6-11(7-9(8)2)14-12(10(3)15)13(16)17-4/h8-12,14-15H,5-7H2,1-4H3/t8-,9+,10-,11+,12+/m0/s1. The van der Waals surface area contributed by atoms with E-state index < -0.39 is 12.1 Å². The number of carbonyl (C=O) groups is 1. The van der Waals surface area contributed by atoms with Crippen molar-refractivity contribution in [2.45, 2.75) is 58.2 Å². The Balaban J connectivity index is 2.53.